The molecule has 0 bridgehead atoms. The molecule has 0 atom stereocenters. The van der Waals surface area contributed by atoms with Crippen LogP contribution >= 0.6 is 0 Å². The van der Waals surface area contributed by atoms with Crippen molar-refractivity contribution in [3.8, 4) is 5.75 Å². The number of nitrogens with one attached hydrogen (secondary N) is 1. The van der Waals surface area contributed by atoms with Gasteiger partial charge in [0.05, 0.1) is 16.8 Å². The normalized spacial score (nSPS) is 11.4. The first kappa shape index (κ1) is 18.2. The highest BCUT2D eigenvalue weighted by molar-refractivity contribution is 5.93. The Hall–Kier alpha value is -3.63. The maximum absolute atomic E-state index is 12.3. The number of nitrogens with zero attached hydrogens (tertiary/aromatic N) is 3. The number of ether oxygens (including phenoxy) is 1. The van der Waals surface area contributed by atoms with Gasteiger partial charge in [0.1, 0.15) is 17.8 Å². The second-order valence-corrected chi connectivity index (χ2v) is 5.40. The number of hydrogen-bond donors (Lipinski definition) is 1. The Balaban J connectivity index is 1.78. The Morgan fingerprint density at radius 1 is 1.26 bits per heavy atom. The van der Waals surface area contributed by atoms with Crippen LogP contribution in [-0.2, 0) is 11.3 Å². The van der Waals surface area contributed by atoms with Crippen molar-refractivity contribution < 1.29 is 27.6 Å². The van der Waals surface area contributed by atoms with Crippen LogP contribution in [0.25, 0.3) is 11.0 Å². The van der Waals surface area contributed by atoms with Crippen LogP contribution in [0.15, 0.2) is 48.8 Å². The zero-order chi connectivity index (χ0) is 19.6. The van der Waals surface area contributed by atoms with Crippen LogP contribution in [0.5, 0.6) is 5.75 Å². The van der Waals surface area contributed by atoms with Crippen LogP contribution in [0.1, 0.15) is 0 Å². The molecule has 0 fully saturated rings. The summed E-state index contributed by atoms with van der Waals surface area (Å²) in [4.78, 5) is 26.8. The minimum atomic E-state index is -4.85. The molecule has 1 heterocycles. The molecule has 0 aliphatic heterocycles. The summed E-state index contributed by atoms with van der Waals surface area (Å²) in [5.74, 6) is -1.08. The summed E-state index contributed by atoms with van der Waals surface area (Å²) in [5, 5.41) is 13.6. The van der Waals surface area contributed by atoms with E-state index in [0.717, 1.165) is 12.1 Å². The van der Waals surface area contributed by atoms with Gasteiger partial charge < -0.3 is 14.6 Å². The number of non-ortho nitro benzene ring substituents is 1. The van der Waals surface area contributed by atoms with E-state index in [9.17, 15) is 28.1 Å². The fourth-order valence-electron chi connectivity index (χ4n) is 2.50. The molecule has 1 N–H and O–H groups in total. The third-order valence-electron chi connectivity index (χ3n) is 3.48. The molecule has 0 unspecified atom stereocenters. The minimum Gasteiger partial charge on any atom is -0.406 e. The third-order valence-corrected chi connectivity index (χ3v) is 3.48. The van der Waals surface area contributed by atoms with E-state index in [4.69, 9.17) is 0 Å². The monoisotopic (exact) mass is 380 g/mol. The maximum atomic E-state index is 12.3. The summed E-state index contributed by atoms with van der Waals surface area (Å²) in [6.07, 6.45) is -3.57. The molecule has 11 heteroatoms. The number of carbonyl (C=O) groups is 1. The number of amides is 1. The molecule has 1 amide bonds. The molecule has 1 aromatic heterocycles. The highest BCUT2D eigenvalue weighted by Gasteiger charge is 2.31. The lowest BCUT2D eigenvalue weighted by atomic mass is 10.2. The average Bonchev–Trinajstić information content (AvgIpc) is 2.96. The van der Waals surface area contributed by atoms with Crippen molar-refractivity contribution in [2.45, 2.75) is 12.9 Å². The quantitative estimate of drug-likeness (QED) is 0.540. The fraction of sp³-hybridized carbons (Fsp3) is 0.125. The molecule has 8 nitrogen and oxygen atoms in total. The number of nitro groups is 1. The summed E-state index contributed by atoms with van der Waals surface area (Å²) in [6.45, 7) is -0.314. The number of fused-ring (bicyclic) bond motifs is 1. The minimum absolute atomic E-state index is 0.0840. The van der Waals surface area contributed by atoms with Crippen LogP contribution in [0.4, 0.5) is 24.5 Å². The molecule has 0 spiro atoms. The van der Waals surface area contributed by atoms with E-state index in [-0.39, 0.29) is 23.4 Å². The van der Waals surface area contributed by atoms with Gasteiger partial charge in [-0.05, 0) is 18.2 Å². The van der Waals surface area contributed by atoms with E-state index in [0.29, 0.717) is 5.52 Å². The van der Waals surface area contributed by atoms with Crippen molar-refractivity contribution in [1.29, 1.82) is 0 Å². The summed E-state index contributed by atoms with van der Waals surface area (Å²) >= 11 is 0. The van der Waals surface area contributed by atoms with Gasteiger partial charge in [-0.25, -0.2) is 4.98 Å². The molecule has 140 valence electrons. The predicted molar refractivity (Wildman–Crippen MR) is 88.1 cm³/mol. The van der Waals surface area contributed by atoms with E-state index in [1.807, 2.05) is 0 Å². The lowest BCUT2D eigenvalue weighted by Crippen LogP contribution is -2.19. The highest BCUT2D eigenvalue weighted by Crippen LogP contribution is 2.26. The third kappa shape index (κ3) is 4.32. The number of halogens is 3. The highest BCUT2D eigenvalue weighted by atomic mass is 19.4. The van der Waals surface area contributed by atoms with Gasteiger partial charge in [0.15, 0.2) is 0 Å². The molecule has 3 rings (SSSR count). The topological polar surface area (TPSA) is 99.3 Å². The largest absolute Gasteiger partial charge is 0.573 e. The molecule has 0 radical (unpaired) electrons. The van der Waals surface area contributed by atoms with E-state index >= 15 is 0 Å². The van der Waals surface area contributed by atoms with E-state index < -0.39 is 22.9 Å². The summed E-state index contributed by atoms with van der Waals surface area (Å²) in [7, 11) is 0. The van der Waals surface area contributed by atoms with Gasteiger partial charge >= 0.3 is 6.36 Å². The Kier molecular flexibility index (Phi) is 4.67. The van der Waals surface area contributed by atoms with E-state index in [1.54, 1.807) is 6.07 Å². The SMILES string of the molecule is O=C(Cn1cnc2cccc([N+](=O)[O-])c21)Nc1cccc(OC(F)(F)F)c1. The van der Waals surface area contributed by atoms with Gasteiger partial charge in [-0.15, -0.1) is 13.2 Å². The molecule has 0 aliphatic carbocycles. The number of nitro benzene ring substituents is 1. The number of carbonyl (C=O) groups excluding carboxylic acids is 1. The molecular weight excluding hydrogens is 369 g/mol. The second-order valence-electron chi connectivity index (χ2n) is 5.40. The second kappa shape index (κ2) is 6.94. The number of hydrogen-bond acceptors (Lipinski definition) is 5. The van der Waals surface area contributed by atoms with Gasteiger partial charge in [-0.3, -0.25) is 14.9 Å². The summed E-state index contributed by atoms with van der Waals surface area (Å²) < 4.78 is 41.9. The Morgan fingerprint density at radius 3 is 2.70 bits per heavy atom. The molecule has 0 saturated carbocycles. The van der Waals surface area contributed by atoms with Gasteiger partial charge in [0, 0.05) is 17.8 Å². The molecule has 27 heavy (non-hydrogen) atoms. The zero-order valence-corrected chi connectivity index (χ0v) is 13.4. The van der Waals surface area contributed by atoms with Crippen LogP contribution < -0.4 is 10.1 Å². The Morgan fingerprint density at radius 2 is 2.00 bits per heavy atom. The van der Waals surface area contributed by atoms with E-state index in [2.05, 4.69) is 15.0 Å². The first-order chi connectivity index (χ1) is 12.7. The molecule has 3 aromatic rings. The van der Waals surface area contributed by atoms with Crippen molar-refractivity contribution >= 4 is 28.3 Å². The number of benzene rings is 2. The van der Waals surface area contributed by atoms with Crippen molar-refractivity contribution in [1.82, 2.24) is 9.55 Å². The fourth-order valence-corrected chi connectivity index (χ4v) is 2.50. The number of aromatic nitrogens is 2. The van der Waals surface area contributed by atoms with Crippen LogP contribution in [0.2, 0.25) is 0 Å². The number of imidazole rings is 1. The lowest BCUT2D eigenvalue weighted by molar-refractivity contribution is -0.383. The van der Waals surface area contributed by atoms with Gasteiger partial charge in [-0.2, -0.15) is 0 Å². The van der Waals surface area contributed by atoms with Crippen LogP contribution in [0, 0.1) is 10.1 Å². The van der Waals surface area contributed by atoms with Gasteiger partial charge in [0.2, 0.25) is 5.91 Å². The first-order valence-electron chi connectivity index (χ1n) is 7.47. The number of rotatable bonds is 5. The smallest absolute Gasteiger partial charge is 0.406 e. The Labute approximate surface area is 149 Å². The van der Waals surface area contributed by atoms with Crippen molar-refractivity contribution in [3.05, 3.63) is 58.9 Å². The lowest BCUT2D eigenvalue weighted by Gasteiger charge is -2.11. The first-order valence-corrected chi connectivity index (χ1v) is 7.47. The van der Waals surface area contributed by atoms with Gasteiger partial charge in [-0.1, -0.05) is 12.1 Å². The zero-order valence-electron chi connectivity index (χ0n) is 13.4. The predicted octanol–water partition coefficient (Wildman–Crippen LogP) is 3.48. The number of para-hydroxylation sites is 1. The van der Waals surface area contributed by atoms with E-state index in [1.165, 1.54) is 35.2 Å². The van der Waals surface area contributed by atoms with Crippen molar-refractivity contribution in [2.75, 3.05) is 5.32 Å². The molecule has 2 aromatic carbocycles. The van der Waals surface area contributed by atoms with Crippen LogP contribution in [0.3, 0.4) is 0 Å². The maximum Gasteiger partial charge on any atom is 0.573 e. The Bertz CT molecular complexity index is 1020. The summed E-state index contributed by atoms with van der Waals surface area (Å²) in [5.41, 5.74) is 0.392. The average molecular weight is 380 g/mol. The number of alkyl halides is 3. The molecule has 0 saturated heterocycles. The summed E-state index contributed by atoms with van der Waals surface area (Å²) in [6, 6.07) is 9.11. The van der Waals surface area contributed by atoms with Gasteiger partial charge in [0.25, 0.3) is 5.69 Å². The van der Waals surface area contributed by atoms with Crippen LogP contribution in [-0.4, -0.2) is 26.7 Å². The molecular formula is C16H11F3N4O4. The van der Waals surface area contributed by atoms with Crippen molar-refractivity contribution in [3.63, 3.8) is 0 Å². The number of anilines is 1. The van der Waals surface area contributed by atoms with Crippen molar-refractivity contribution in [2.24, 2.45) is 0 Å². The molecule has 0 aliphatic rings. The standard InChI is InChI=1S/C16H11F3N4O4/c17-16(18,19)27-11-4-1-3-10(7-11)21-14(24)8-22-9-20-12-5-2-6-13(15(12)22)23(25)26/h1-7,9H,8H2,(H,21,24).